The Kier molecular flexibility index (Phi) is 6.90. The van der Waals surface area contributed by atoms with Crippen molar-refractivity contribution in [3.63, 3.8) is 0 Å². The van der Waals surface area contributed by atoms with E-state index in [0.717, 1.165) is 44.2 Å². The van der Waals surface area contributed by atoms with Crippen LogP contribution in [-0.2, 0) is 6.54 Å². The first-order chi connectivity index (χ1) is 10.6. The Bertz CT molecular complexity index is 482. The Labute approximate surface area is 139 Å². The Morgan fingerprint density at radius 2 is 2.00 bits per heavy atom. The van der Waals surface area contributed by atoms with Crippen LogP contribution in [0.4, 0.5) is 0 Å². The molecule has 1 aliphatic rings. The number of piperazine rings is 1. The zero-order valence-electron chi connectivity index (χ0n) is 13.6. The van der Waals surface area contributed by atoms with Gasteiger partial charge in [-0.3, -0.25) is 9.80 Å². The zero-order chi connectivity index (χ0) is 15.9. The van der Waals surface area contributed by atoms with Gasteiger partial charge in [-0.05, 0) is 38.0 Å². The summed E-state index contributed by atoms with van der Waals surface area (Å²) in [6.07, 6.45) is 3.12. The van der Waals surface area contributed by atoms with E-state index in [1.807, 2.05) is 12.1 Å². The van der Waals surface area contributed by atoms with Crippen molar-refractivity contribution < 1.29 is 5.11 Å². The van der Waals surface area contributed by atoms with Crippen molar-refractivity contribution in [3.05, 3.63) is 46.5 Å². The Morgan fingerprint density at radius 1 is 1.27 bits per heavy atom. The van der Waals surface area contributed by atoms with Gasteiger partial charge in [0.25, 0.3) is 0 Å². The highest BCUT2D eigenvalue weighted by molar-refractivity contribution is 6.30. The molecular weight excluding hydrogens is 296 g/mol. The molecule has 1 aromatic carbocycles. The van der Waals surface area contributed by atoms with Crippen LogP contribution in [0.3, 0.4) is 0 Å². The summed E-state index contributed by atoms with van der Waals surface area (Å²) in [7, 11) is 0. The molecule has 0 bridgehead atoms. The fourth-order valence-electron chi connectivity index (χ4n) is 2.91. The number of halogens is 1. The molecule has 1 N–H and O–H groups in total. The van der Waals surface area contributed by atoms with Crippen molar-refractivity contribution in [2.24, 2.45) is 0 Å². The molecule has 3 nitrogen and oxygen atoms in total. The summed E-state index contributed by atoms with van der Waals surface area (Å²) in [6.45, 7) is 9.61. The maximum atomic E-state index is 9.34. The highest BCUT2D eigenvalue weighted by Gasteiger charge is 2.25. The van der Waals surface area contributed by atoms with Gasteiger partial charge in [0.2, 0.25) is 0 Å². The number of hydrogen-bond acceptors (Lipinski definition) is 3. The van der Waals surface area contributed by atoms with Gasteiger partial charge >= 0.3 is 0 Å². The lowest BCUT2D eigenvalue weighted by molar-refractivity contribution is 0.0637. The Balaban J connectivity index is 1.93. The van der Waals surface area contributed by atoms with E-state index in [0.29, 0.717) is 6.04 Å². The van der Waals surface area contributed by atoms with E-state index in [1.54, 1.807) is 0 Å². The van der Waals surface area contributed by atoms with Crippen molar-refractivity contribution in [2.75, 3.05) is 32.8 Å². The summed E-state index contributed by atoms with van der Waals surface area (Å²) in [5, 5.41) is 10.1. The molecule has 0 aromatic heterocycles. The second kappa shape index (κ2) is 8.68. The van der Waals surface area contributed by atoms with Crippen molar-refractivity contribution in [2.45, 2.75) is 32.9 Å². The molecule has 122 valence electrons. The molecule has 1 atom stereocenters. The van der Waals surface area contributed by atoms with E-state index in [1.165, 1.54) is 11.1 Å². The maximum Gasteiger partial charge on any atom is 0.0446 e. The lowest BCUT2D eigenvalue weighted by atomic mass is 10.1. The molecule has 1 fully saturated rings. The third-order valence-corrected chi connectivity index (χ3v) is 4.46. The first-order valence-corrected chi connectivity index (χ1v) is 8.41. The number of hydrogen-bond donors (Lipinski definition) is 1. The van der Waals surface area contributed by atoms with Gasteiger partial charge in [-0.15, -0.1) is 0 Å². The van der Waals surface area contributed by atoms with E-state index in [9.17, 15) is 5.11 Å². The molecule has 1 aromatic rings. The van der Waals surface area contributed by atoms with Gasteiger partial charge in [0.05, 0.1) is 0 Å². The zero-order valence-corrected chi connectivity index (χ0v) is 14.4. The second-order valence-corrected chi connectivity index (χ2v) is 6.74. The van der Waals surface area contributed by atoms with Crippen molar-refractivity contribution >= 4 is 11.6 Å². The van der Waals surface area contributed by atoms with Gasteiger partial charge in [-0.2, -0.15) is 0 Å². The highest BCUT2D eigenvalue weighted by Crippen LogP contribution is 2.17. The SMILES string of the molecule is CC(C)=CCN1CCN(Cc2ccc(Cl)cc2)C[C@@H]1CCO. The number of allylic oxidation sites excluding steroid dienone is 1. The monoisotopic (exact) mass is 322 g/mol. The number of aliphatic hydroxyl groups is 1. The van der Waals surface area contributed by atoms with Crippen LogP contribution in [-0.4, -0.2) is 53.7 Å². The van der Waals surface area contributed by atoms with Gasteiger partial charge in [0.1, 0.15) is 0 Å². The predicted molar refractivity (Wildman–Crippen MR) is 93.2 cm³/mol. The summed E-state index contributed by atoms with van der Waals surface area (Å²) < 4.78 is 0. The average Bonchev–Trinajstić information content (AvgIpc) is 2.49. The number of benzene rings is 1. The first kappa shape index (κ1) is 17.5. The van der Waals surface area contributed by atoms with Gasteiger partial charge < -0.3 is 5.11 Å². The van der Waals surface area contributed by atoms with Crippen LogP contribution in [0.2, 0.25) is 5.02 Å². The van der Waals surface area contributed by atoms with Crippen molar-refractivity contribution in [1.82, 2.24) is 9.80 Å². The summed E-state index contributed by atoms with van der Waals surface area (Å²) >= 11 is 5.94. The van der Waals surface area contributed by atoms with Gasteiger partial charge in [-0.1, -0.05) is 35.4 Å². The molecule has 22 heavy (non-hydrogen) atoms. The molecule has 4 heteroatoms. The third kappa shape index (κ3) is 5.40. The van der Waals surface area contributed by atoms with Crippen LogP contribution in [0.5, 0.6) is 0 Å². The van der Waals surface area contributed by atoms with Crippen molar-refractivity contribution in [1.29, 1.82) is 0 Å². The molecular formula is C18H27ClN2O. The Hall–Kier alpha value is -0.870. The summed E-state index contributed by atoms with van der Waals surface area (Å²) in [5.74, 6) is 0. The fraction of sp³-hybridized carbons (Fsp3) is 0.556. The molecule has 0 unspecified atom stereocenters. The first-order valence-electron chi connectivity index (χ1n) is 8.03. The standard InChI is InChI=1S/C18H27ClN2O/c1-15(2)7-9-21-11-10-20(14-18(21)8-12-22)13-16-3-5-17(19)6-4-16/h3-7,18,22H,8-14H2,1-2H3/t18-/m0/s1. The lowest BCUT2D eigenvalue weighted by Crippen LogP contribution is -2.53. The molecule has 1 heterocycles. The van der Waals surface area contributed by atoms with Gasteiger partial charge in [-0.25, -0.2) is 0 Å². The minimum atomic E-state index is 0.255. The topological polar surface area (TPSA) is 26.7 Å². The molecule has 0 spiro atoms. The summed E-state index contributed by atoms with van der Waals surface area (Å²) in [4.78, 5) is 4.96. The van der Waals surface area contributed by atoms with E-state index >= 15 is 0 Å². The lowest BCUT2D eigenvalue weighted by Gasteiger charge is -2.41. The molecule has 1 saturated heterocycles. The van der Waals surface area contributed by atoms with E-state index in [4.69, 9.17) is 11.6 Å². The van der Waals surface area contributed by atoms with Crippen LogP contribution in [0, 0.1) is 0 Å². The maximum absolute atomic E-state index is 9.34. The van der Waals surface area contributed by atoms with E-state index in [2.05, 4.69) is 41.9 Å². The minimum absolute atomic E-state index is 0.255. The molecule has 0 radical (unpaired) electrons. The van der Waals surface area contributed by atoms with Crippen LogP contribution >= 0.6 is 11.6 Å². The third-order valence-electron chi connectivity index (χ3n) is 4.20. The number of aliphatic hydroxyl groups excluding tert-OH is 1. The summed E-state index contributed by atoms with van der Waals surface area (Å²) in [5.41, 5.74) is 2.65. The summed E-state index contributed by atoms with van der Waals surface area (Å²) in [6, 6.07) is 8.53. The van der Waals surface area contributed by atoms with E-state index < -0.39 is 0 Å². The van der Waals surface area contributed by atoms with Crippen LogP contribution in [0.1, 0.15) is 25.8 Å². The average molecular weight is 323 g/mol. The fourth-order valence-corrected chi connectivity index (χ4v) is 3.04. The minimum Gasteiger partial charge on any atom is -0.396 e. The molecule has 2 rings (SSSR count). The number of nitrogens with zero attached hydrogens (tertiary/aromatic N) is 2. The molecule has 1 aliphatic heterocycles. The van der Waals surface area contributed by atoms with Gasteiger partial charge in [0, 0.05) is 50.4 Å². The number of rotatable bonds is 6. The molecule has 0 aliphatic carbocycles. The normalized spacial score (nSPS) is 20.1. The quantitative estimate of drug-likeness (QED) is 0.815. The van der Waals surface area contributed by atoms with Crippen molar-refractivity contribution in [3.8, 4) is 0 Å². The largest absolute Gasteiger partial charge is 0.396 e. The molecule has 0 saturated carbocycles. The molecule has 0 amide bonds. The van der Waals surface area contributed by atoms with E-state index in [-0.39, 0.29) is 6.61 Å². The Morgan fingerprint density at radius 3 is 2.64 bits per heavy atom. The predicted octanol–water partition coefficient (Wildman–Crippen LogP) is 3.17. The van der Waals surface area contributed by atoms with Crippen LogP contribution in [0.25, 0.3) is 0 Å². The van der Waals surface area contributed by atoms with Crippen LogP contribution < -0.4 is 0 Å². The second-order valence-electron chi connectivity index (χ2n) is 6.30. The highest BCUT2D eigenvalue weighted by atomic mass is 35.5. The smallest absolute Gasteiger partial charge is 0.0446 e. The van der Waals surface area contributed by atoms with Gasteiger partial charge in [0.15, 0.2) is 0 Å². The van der Waals surface area contributed by atoms with Crippen LogP contribution in [0.15, 0.2) is 35.9 Å².